The lowest BCUT2D eigenvalue weighted by atomic mass is 9.97. The van der Waals surface area contributed by atoms with Gasteiger partial charge >= 0.3 is 17.2 Å². The molecule has 0 spiro atoms. The number of halogens is 1. The van der Waals surface area contributed by atoms with E-state index in [-0.39, 0.29) is 18.1 Å². The van der Waals surface area contributed by atoms with Gasteiger partial charge in [0.05, 0.1) is 10.5 Å². The topological polar surface area (TPSA) is 108 Å². The van der Waals surface area contributed by atoms with Crippen molar-refractivity contribution in [3.05, 3.63) is 38.0 Å². The molecule has 3 atom stereocenters. The molecule has 2 bridgehead atoms. The van der Waals surface area contributed by atoms with E-state index in [1.165, 1.54) is 15.7 Å². The summed E-state index contributed by atoms with van der Waals surface area (Å²) >= 11 is 5.92. The summed E-state index contributed by atoms with van der Waals surface area (Å²) in [6.45, 7) is 0. The van der Waals surface area contributed by atoms with E-state index in [0.29, 0.717) is 29.0 Å². The molecule has 2 aromatic heterocycles. The molecule has 2 aliphatic rings. The fraction of sp³-hybridized carbons (Fsp3) is 0.467. The Balaban J connectivity index is 1.83. The van der Waals surface area contributed by atoms with Crippen LogP contribution in [0.4, 0.5) is 4.79 Å². The number of hydrogen-bond donors (Lipinski definition) is 2. The van der Waals surface area contributed by atoms with E-state index in [1.807, 2.05) is 0 Å². The molecule has 0 radical (unpaired) electrons. The third-order valence-electron chi connectivity index (χ3n) is 5.02. The Bertz CT molecular complexity index is 939. The van der Waals surface area contributed by atoms with Crippen LogP contribution in [0.2, 0.25) is 5.02 Å². The number of hydrogen-bond acceptors (Lipinski definition) is 4. The summed E-state index contributed by atoms with van der Waals surface area (Å²) in [5.74, 6) is 0. The summed E-state index contributed by atoms with van der Waals surface area (Å²) in [5.41, 5.74) is -0.609. The molecule has 2 N–H and O–H groups in total. The van der Waals surface area contributed by atoms with E-state index in [9.17, 15) is 19.5 Å². The van der Waals surface area contributed by atoms with Crippen molar-refractivity contribution in [2.24, 2.45) is 0 Å². The smallest absolute Gasteiger partial charge is 0.407 e. The monoisotopic (exact) mass is 350 g/mol. The summed E-state index contributed by atoms with van der Waals surface area (Å²) in [5, 5.41) is 9.72. The summed E-state index contributed by atoms with van der Waals surface area (Å²) in [6, 6.07) is 1.06. The van der Waals surface area contributed by atoms with Crippen molar-refractivity contribution in [1.82, 2.24) is 19.4 Å². The van der Waals surface area contributed by atoms with Gasteiger partial charge in [0.15, 0.2) is 5.65 Å². The number of amides is 1. The normalized spacial score (nSPS) is 26.0. The van der Waals surface area contributed by atoms with E-state index >= 15 is 0 Å². The number of nitrogens with zero attached hydrogens (tertiary/aromatic N) is 3. The number of fused-ring (bicyclic) bond motifs is 3. The van der Waals surface area contributed by atoms with Crippen LogP contribution < -0.4 is 11.1 Å². The van der Waals surface area contributed by atoms with E-state index < -0.39 is 17.2 Å². The molecule has 0 aliphatic carbocycles. The molecule has 0 aromatic carbocycles. The van der Waals surface area contributed by atoms with Crippen LogP contribution in [0.3, 0.4) is 0 Å². The van der Waals surface area contributed by atoms with Gasteiger partial charge in [-0.3, -0.25) is 14.2 Å². The van der Waals surface area contributed by atoms with Gasteiger partial charge in [-0.25, -0.2) is 9.78 Å². The van der Waals surface area contributed by atoms with Crippen molar-refractivity contribution in [3.8, 4) is 0 Å². The van der Waals surface area contributed by atoms with Crippen molar-refractivity contribution in [1.29, 1.82) is 0 Å². The number of pyridine rings is 1. The first-order chi connectivity index (χ1) is 11.5. The Hall–Kier alpha value is -2.35. The Morgan fingerprint density at radius 2 is 1.92 bits per heavy atom. The van der Waals surface area contributed by atoms with Crippen LogP contribution in [0, 0.1) is 0 Å². The van der Waals surface area contributed by atoms with Crippen LogP contribution >= 0.6 is 11.6 Å². The van der Waals surface area contributed by atoms with Crippen LogP contribution in [0.1, 0.15) is 31.7 Å². The van der Waals surface area contributed by atoms with Gasteiger partial charge in [-0.2, -0.15) is 0 Å². The first kappa shape index (κ1) is 15.2. The second kappa shape index (κ2) is 5.34. The molecule has 1 amide bonds. The highest BCUT2D eigenvalue weighted by molar-refractivity contribution is 6.30. The van der Waals surface area contributed by atoms with E-state index in [1.54, 1.807) is 6.07 Å². The predicted octanol–water partition coefficient (Wildman–Crippen LogP) is 1.58. The zero-order valence-corrected chi connectivity index (χ0v) is 13.4. The van der Waals surface area contributed by atoms with Gasteiger partial charge in [0.2, 0.25) is 0 Å². The second-order valence-electron chi connectivity index (χ2n) is 6.35. The van der Waals surface area contributed by atoms with Crippen LogP contribution in [-0.4, -0.2) is 42.7 Å². The number of carbonyl (C=O) groups is 1. The van der Waals surface area contributed by atoms with Gasteiger partial charge in [-0.05, 0) is 31.7 Å². The lowest BCUT2D eigenvalue weighted by molar-refractivity contribution is 0.0869. The molecule has 4 heterocycles. The Kier molecular flexibility index (Phi) is 3.38. The maximum atomic E-state index is 12.4. The number of carboxylic acid groups (broad SMARTS) is 1. The van der Waals surface area contributed by atoms with Crippen molar-refractivity contribution in [2.45, 2.75) is 43.8 Å². The molecule has 2 aromatic rings. The number of aromatic amines is 1. The number of piperidine rings is 1. The first-order valence-corrected chi connectivity index (χ1v) is 8.15. The summed E-state index contributed by atoms with van der Waals surface area (Å²) < 4.78 is 1.41. The lowest BCUT2D eigenvalue weighted by Crippen LogP contribution is -2.49. The number of nitrogens with one attached hydrogen (secondary N) is 1. The van der Waals surface area contributed by atoms with Gasteiger partial charge in [0, 0.05) is 24.3 Å². The fourth-order valence-corrected chi connectivity index (χ4v) is 4.27. The molecule has 1 unspecified atom stereocenters. The van der Waals surface area contributed by atoms with Crippen LogP contribution in [0.5, 0.6) is 0 Å². The standard InChI is InChI=1S/C15H15ClN4O4/c16-7-3-11-12(17-6-7)20(14(22)13(21)18-11)10-4-8-1-2-9(5-10)19(8)15(23)24/h3,6,8-10H,1-2,4-5H2,(H,18,21)(H,23,24)/t8-,9+,10?. The molecule has 0 saturated carbocycles. The minimum absolute atomic E-state index is 0.125. The molecule has 2 fully saturated rings. The van der Waals surface area contributed by atoms with Crippen molar-refractivity contribution in [3.63, 3.8) is 0 Å². The Morgan fingerprint density at radius 1 is 1.25 bits per heavy atom. The van der Waals surface area contributed by atoms with Crippen molar-refractivity contribution >= 4 is 28.9 Å². The highest BCUT2D eigenvalue weighted by atomic mass is 35.5. The predicted molar refractivity (Wildman–Crippen MR) is 86.6 cm³/mol. The SMILES string of the molecule is O=C(O)N1[C@@H]2CC[C@H]1CC(n1c(=O)c(=O)[nH]c3cc(Cl)cnc31)C2. The average molecular weight is 351 g/mol. The van der Waals surface area contributed by atoms with Crippen molar-refractivity contribution < 1.29 is 9.90 Å². The highest BCUT2D eigenvalue weighted by Gasteiger charge is 2.44. The average Bonchev–Trinajstić information content (AvgIpc) is 2.80. The van der Waals surface area contributed by atoms with Gasteiger partial charge in [-0.15, -0.1) is 0 Å². The minimum Gasteiger partial charge on any atom is -0.465 e. The summed E-state index contributed by atoms with van der Waals surface area (Å²) in [7, 11) is 0. The van der Waals surface area contributed by atoms with Crippen LogP contribution in [-0.2, 0) is 0 Å². The molecular formula is C15H15ClN4O4. The molecule has 2 saturated heterocycles. The van der Waals surface area contributed by atoms with Crippen LogP contribution in [0.15, 0.2) is 21.9 Å². The van der Waals surface area contributed by atoms with Gasteiger partial charge in [-0.1, -0.05) is 11.6 Å². The second-order valence-corrected chi connectivity index (χ2v) is 6.79. The maximum Gasteiger partial charge on any atom is 0.407 e. The highest BCUT2D eigenvalue weighted by Crippen LogP contribution is 2.40. The third-order valence-corrected chi connectivity index (χ3v) is 5.22. The Morgan fingerprint density at radius 3 is 2.54 bits per heavy atom. The van der Waals surface area contributed by atoms with Gasteiger partial charge < -0.3 is 15.0 Å². The van der Waals surface area contributed by atoms with E-state index in [0.717, 1.165) is 12.8 Å². The molecule has 4 rings (SSSR count). The number of aromatic nitrogens is 3. The maximum absolute atomic E-state index is 12.4. The van der Waals surface area contributed by atoms with Gasteiger partial charge in [0.25, 0.3) is 0 Å². The Labute approximate surface area is 140 Å². The lowest BCUT2D eigenvalue weighted by Gasteiger charge is -2.37. The first-order valence-electron chi connectivity index (χ1n) is 7.77. The van der Waals surface area contributed by atoms with Crippen molar-refractivity contribution in [2.75, 3.05) is 0 Å². The molecule has 126 valence electrons. The minimum atomic E-state index is -0.922. The quantitative estimate of drug-likeness (QED) is 0.759. The molecule has 24 heavy (non-hydrogen) atoms. The zero-order chi connectivity index (χ0) is 17.0. The molecular weight excluding hydrogens is 336 g/mol. The zero-order valence-electron chi connectivity index (χ0n) is 12.6. The van der Waals surface area contributed by atoms with E-state index in [4.69, 9.17) is 11.6 Å². The fourth-order valence-electron chi connectivity index (χ4n) is 4.11. The summed E-state index contributed by atoms with van der Waals surface area (Å²) in [4.78, 5) is 44.0. The number of H-pyrrole nitrogens is 1. The number of rotatable bonds is 1. The largest absolute Gasteiger partial charge is 0.465 e. The van der Waals surface area contributed by atoms with E-state index in [2.05, 4.69) is 9.97 Å². The van der Waals surface area contributed by atoms with Crippen LogP contribution in [0.25, 0.3) is 11.2 Å². The summed E-state index contributed by atoms with van der Waals surface area (Å²) in [6.07, 6.45) is 3.08. The molecule has 2 aliphatic heterocycles. The third kappa shape index (κ3) is 2.21. The molecule has 9 heteroatoms. The molecule has 8 nitrogen and oxygen atoms in total. The van der Waals surface area contributed by atoms with Gasteiger partial charge in [0.1, 0.15) is 0 Å².